The third kappa shape index (κ3) is 4.51. The SMILES string of the molecule is CC(C)CN(CC1CCCN1)C(=O)c1cc(Br)ccc1F. The largest absolute Gasteiger partial charge is 0.337 e. The first-order valence-electron chi connectivity index (χ1n) is 7.45. The Morgan fingerprint density at radius 3 is 2.90 bits per heavy atom. The van der Waals surface area contributed by atoms with Crippen LogP contribution >= 0.6 is 15.9 Å². The number of halogens is 2. The van der Waals surface area contributed by atoms with Crippen LogP contribution in [0.4, 0.5) is 4.39 Å². The van der Waals surface area contributed by atoms with E-state index >= 15 is 0 Å². The Morgan fingerprint density at radius 2 is 2.29 bits per heavy atom. The van der Waals surface area contributed by atoms with E-state index in [9.17, 15) is 9.18 Å². The number of carbonyl (C=O) groups is 1. The summed E-state index contributed by atoms with van der Waals surface area (Å²) in [5, 5.41) is 3.40. The average molecular weight is 357 g/mol. The summed E-state index contributed by atoms with van der Waals surface area (Å²) in [7, 11) is 0. The number of carbonyl (C=O) groups excluding carboxylic acids is 1. The summed E-state index contributed by atoms with van der Waals surface area (Å²) >= 11 is 3.30. The predicted octanol–water partition coefficient (Wildman–Crippen LogP) is 3.44. The van der Waals surface area contributed by atoms with E-state index in [4.69, 9.17) is 0 Å². The second-order valence-corrected chi connectivity index (χ2v) is 6.94. The van der Waals surface area contributed by atoms with Crippen molar-refractivity contribution in [2.24, 2.45) is 5.92 Å². The lowest BCUT2D eigenvalue weighted by atomic mass is 10.1. The number of hydrogen-bond donors (Lipinski definition) is 1. The maximum absolute atomic E-state index is 13.9. The van der Waals surface area contributed by atoms with Crippen molar-refractivity contribution >= 4 is 21.8 Å². The summed E-state index contributed by atoms with van der Waals surface area (Å²) in [6.07, 6.45) is 2.21. The zero-order valence-corrected chi connectivity index (χ0v) is 14.1. The molecule has 0 saturated carbocycles. The number of rotatable bonds is 5. The number of nitrogens with zero attached hydrogens (tertiary/aromatic N) is 1. The van der Waals surface area contributed by atoms with E-state index < -0.39 is 5.82 Å². The van der Waals surface area contributed by atoms with Gasteiger partial charge in [-0.2, -0.15) is 0 Å². The van der Waals surface area contributed by atoms with Crippen LogP contribution in [-0.4, -0.2) is 36.5 Å². The van der Waals surface area contributed by atoms with Crippen LogP contribution in [0.15, 0.2) is 22.7 Å². The van der Waals surface area contributed by atoms with E-state index in [1.165, 1.54) is 6.07 Å². The van der Waals surface area contributed by atoms with Crippen LogP contribution < -0.4 is 5.32 Å². The molecular weight excluding hydrogens is 335 g/mol. The van der Waals surface area contributed by atoms with Gasteiger partial charge in [0.1, 0.15) is 5.82 Å². The fourth-order valence-corrected chi connectivity index (χ4v) is 3.05. The van der Waals surface area contributed by atoms with Crippen LogP contribution in [0.25, 0.3) is 0 Å². The van der Waals surface area contributed by atoms with Gasteiger partial charge < -0.3 is 10.2 Å². The van der Waals surface area contributed by atoms with Crippen molar-refractivity contribution in [2.75, 3.05) is 19.6 Å². The zero-order chi connectivity index (χ0) is 15.4. The normalized spacial score (nSPS) is 18.2. The Hall–Kier alpha value is -0.940. The molecule has 116 valence electrons. The topological polar surface area (TPSA) is 32.3 Å². The molecule has 1 heterocycles. The van der Waals surface area contributed by atoms with E-state index in [0.717, 1.165) is 23.9 Å². The first kappa shape index (κ1) is 16.4. The highest BCUT2D eigenvalue weighted by molar-refractivity contribution is 9.10. The Labute approximate surface area is 134 Å². The fourth-order valence-electron chi connectivity index (χ4n) is 2.69. The molecule has 1 saturated heterocycles. The molecule has 5 heteroatoms. The molecule has 21 heavy (non-hydrogen) atoms. The first-order valence-corrected chi connectivity index (χ1v) is 8.24. The summed E-state index contributed by atoms with van der Waals surface area (Å²) in [6, 6.07) is 4.83. The summed E-state index contributed by atoms with van der Waals surface area (Å²) in [5.41, 5.74) is 0.142. The van der Waals surface area contributed by atoms with Gasteiger partial charge in [0, 0.05) is 23.6 Å². The van der Waals surface area contributed by atoms with E-state index in [1.54, 1.807) is 17.0 Å². The predicted molar refractivity (Wildman–Crippen MR) is 85.9 cm³/mol. The molecule has 1 atom stereocenters. The van der Waals surface area contributed by atoms with Crippen LogP contribution in [0.1, 0.15) is 37.0 Å². The monoisotopic (exact) mass is 356 g/mol. The minimum absolute atomic E-state index is 0.142. The van der Waals surface area contributed by atoms with Gasteiger partial charge in [-0.15, -0.1) is 0 Å². The maximum atomic E-state index is 13.9. The van der Waals surface area contributed by atoms with Crippen LogP contribution in [0.2, 0.25) is 0 Å². The quantitative estimate of drug-likeness (QED) is 0.876. The number of benzene rings is 1. The van der Waals surface area contributed by atoms with Crippen molar-refractivity contribution in [1.82, 2.24) is 10.2 Å². The summed E-state index contributed by atoms with van der Waals surface area (Å²) in [6.45, 7) is 6.42. The second-order valence-electron chi connectivity index (χ2n) is 6.02. The summed E-state index contributed by atoms with van der Waals surface area (Å²) in [5.74, 6) is -0.335. The molecule has 1 unspecified atom stereocenters. The van der Waals surface area contributed by atoms with Crippen molar-refractivity contribution < 1.29 is 9.18 Å². The van der Waals surface area contributed by atoms with Crippen LogP contribution in [0.5, 0.6) is 0 Å². The smallest absolute Gasteiger partial charge is 0.256 e. The minimum atomic E-state index is -0.462. The second kappa shape index (κ2) is 7.36. The molecule has 1 aliphatic rings. The Bertz CT molecular complexity index is 501. The van der Waals surface area contributed by atoms with E-state index in [0.29, 0.717) is 25.0 Å². The minimum Gasteiger partial charge on any atom is -0.337 e. The van der Waals surface area contributed by atoms with Crippen LogP contribution in [-0.2, 0) is 0 Å². The third-order valence-electron chi connectivity index (χ3n) is 3.63. The van der Waals surface area contributed by atoms with Crippen molar-refractivity contribution in [1.29, 1.82) is 0 Å². The first-order chi connectivity index (χ1) is 9.97. The lowest BCUT2D eigenvalue weighted by Crippen LogP contribution is -2.43. The molecule has 0 spiro atoms. The van der Waals surface area contributed by atoms with Gasteiger partial charge >= 0.3 is 0 Å². The number of nitrogens with one attached hydrogen (secondary N) is 1. The average Bonchev–Trinajstić information content (AvgIpc) is 2.92. The highest BCUT2D eigenvalue weighted by Gasteiger charge is 2.24. The molecule has 1 aromatic carbocycles. The molecule has 1 amide bonds. The molecule has 1 aromatic rings. The molecule has 1 fully saturated rings. The van der Waals surface area contributed by atoms with Gasteiger partial charge in [-0.05, 0) is 43.5 Å². The lowest BCUT2D eigenvalue weighted by molar-refractivity contribution is 0.0716. The summed E-state index contributed by atoms with van der Waals surface area (Å²) in [4.78, 5) is 14.5. The molecule has 2 rings (SSSR count). The third-order valence-corrected chi connectivity index (χ3v) is 4.13. The molecule has 3 nitrogen and oxygen atoms in total. The fraction of sp³-hybridized carbons (Fsp3) is 0.562. The van der Waals surface area contributed by atoms with Gasteiger partial charge in [-0.25, -0.2) is 4.39 Å². The summed E-state index contributed by atoms with van der Waals surface area (Å²) < 4.78 is 14.7. The standard InChI is InChI=1S/C16H22BrFN2O/c1-11(2)9-20(10-13-4-3-7-19-13)16(21)14-8-12(17)5-6-15(14)18/h5-6,8,11,13,19H,3-4,7,9-10H2,1-2H3. The molecule has 0 aliphatic carbocycles. The molecule has 1 N–H and O–H groups in total. The van der Waals surface area contributed by atoms with Gasteiger partial charge in [-0.3, -0.25) is 4.79 Å². The number of hydrogen-bond acceptors (Lipinski definition) is 2. The molecule has 0 radical (unpaired) electrons. The molecule has 0 aromatic heterocycles. The van der Waals surface area contributed by atoms with Gasteiger partial charge in [0.05, 0.1) is 5.56 Å². The Morgan fingerprint density at radius 1 is 1.52 bits per heavy atom. The maximum Gasteiger partial charge on any atom is 0.256 e. The van der Waals surface area contributed by atoms with Crippen molar-refractivity contribution in [3.05, 3.63) is 34.1 Å². The molecule has 1 aliphatic heterocycles. The van der Waals surface area contributed by atoms with Gasteiger partial charge in [0.25, 0.3) is 5.91 Å². The Balaban J connectivity index is 2.17. The highest BCUT2D eigenvalue weighted by atomic mass is 79.9. The zero-order valence-electron chi connectivity index (χ0n) is 12.5. The van der Waals surface area contributed by atoms with E-state index in [2.05, 4.69) is 35.1 Å². The van der Waals surface area contributed by atoms with Crippen molar-refractivity contribution in [3.8, 4) is 0 Å². The highest BCUT2D eigenvalue weighted by Crippen LogP contribution is 2.19. The lowest BCUT2D eigenvalue weighted by Gasteiger charge is -2.28. The van der Waals surface area contributed by atoms with Crippen LogP contribution in [0.3, 0.4) is 0 Å². The van der Waals surface area contributed by atoms with Gasteiger partial charge in [0.15, 0.2) is 0 Å². The molecular formula is C16H22BrFN2O. The van der Waals surface area contributed by atoms with Crippen molar-refractivity contribution in [3.63, 3.8) is 0 Å². The van der Waals surface area contributed by atoms with Gasteiger partial charge in [0.2, 0.25) is 0 Å². The number of amides is 1. The van der Waals surface area contributed by atoms with Crippen LogP contribution in [0, 0.1) is 11.7 Å². The Kier molecular flexibility index (Phi) is 5.76. The van der Waals surface area contributed by atoms with E-state index in [-0.39, 0.29) is 11.5 Å². The van der Waals surface area contributed by atoms with Gasteiger partial charge in [-0.1, -0.05) is 29.8 Å². The van der Waals surface area contributed by atoms with Crippen molar-refractivity contribution in [2.45, 2.75) is 32.7 Å². The molecule has 0 bridgehead atoms. The van der Waals surface area contributed by atoms with E-state index in [1.807, 2.05) is 0 Å².